The van der Waals surface area contributed by atoms with Gasteiger partial charge in [0.15, 0.2) is 0 Å². The van der Waals surface area contributed by atoms with Gasteiger partial charge in [-0.25, -0.2) is 9.97 Å². The predicted molar refractivity (Wildman–Crippen MR) is 113 cm³/mol. The SMILES string of the molecule is C#Cc1ccc(CN(CC)C(=O)c2cc3c(cn2)nc(N)c2cnn(C)c23)cc1. The van der Waals surface area contributed by atoms with Crippen molar-refractivity contribution in [3.63, 3.8) is 0 Å². The minimum Gasteiger partial charge on any atom is -0.383 e. The number of carbonyl (C=O) groups excluding carboxylic acids is 1. The normalized spacial score (nSPS) is 10.9. The summed E-state index contributed by atoms with van der Waals surface area (Å²) in [6, 6.07) is 9.38. The van der Waals surface area contributed by atoms with Crippen LogP contribution in [0.2, 0.25) is 0 Å². The maximum absolute atomic E-state index is 13.1. The predicted octanol–water partition coefficient (Wildman–Crippen LogP) is 2.74. The van der Waals surface area contributed by atoms with Crippen molar-refractivity contribution < 1.29 is 4.79 Å². The standard InChI is InChI=1S/C22H20N6O/c1-4-14-6-8-15(9-7-14)13-28(5-2)22(29)18-10-16-19(12-24-18)26-21(23)17-11-25-27(3)20(16)17/h1,6-12H,5,13H2,2-3H3,(H2,23,26). The molecule has 0 unspecified atom stereocenters. The number of nitrogen functional groups attached to an aromatic ring is 1. The zero-order chi connectivity index (χ0) is 20.5. The fourth-order valence-corrected chi connectivity index (χ4v) is 3.39. The number of aryl methyl sites for hydroxylation is 1. The second-order valence-corrected chi connectivity index (χ2v) is 6.77. The van der Waals surface area contributed by atoms with Gasteiger partial charge in [-0.15, -0.1) is 6.42 Å². The molecule has 0 fully saturated rings. The van der Waals surface area contributed by atoms with Gasteiger partial charge in [0, 0.05) is 31.1 Å². The number of fused-ring (bicyclic) bond motifs is 3. The molecule has 1 aromatic carbocycles. The molecule has 0 spiro atoms. The zero-order valence-electron chi connectivity index (χ0n) is 16.3. The first-order chi connectivity index (χ1) is 14.0. The number of anilines is 1. The van der Waals surface area contributed by atoms with Gasteiger partial charge >= 0.3 is 0 Å². The van der Waals surface area contributed by atoms with Crippen LogP contribution in [0.15, 0.2) is 42.7 Å². The molecule has 0 aliphatic rings. The number of carbonyl (C=O) groups is 1. The lowest BCUT2D eigenvalue weighted by Crippen LogP contribution is -2.31. The van der Waals surface area contributed by atoms with E-state index in [0.717, 1.165) is 27.4 Å². The molecule has 1 amide bonds. The van der Waals surface area contributed by atoms with Gasteiger partial charge in [0.05, 0.1) is 28.8 Å². The molecule has 7 nitrogen and oxygen atoms in total. The van der Waals surface area contributed by atoms with E-state index in [4.69, 9.17) is 12.2 Å². The van der Waals surface area contributed by atoms with Gasteiger partial charge < -0.3 is 10.6 Å². The summed E-state index contributed by atoms with van der Waals surface area (Å²) in [7, 11) is 1.83. The van der Waals surface area contributed by atoms with Crippen molar-refractivity contribution >= 4 is 33.5 Å². The Morgan fingerprint density at radius 2 is 2.00 bits per heavy atom. The molecule has 4 rings (SSSR count). The molecule has 0 saturated heterocycles. The molecule has 3 aromatic heterocycles. The van der Waals surface area contributed by atoms with Gasteiger partial charge in [0.1, 0.15) is 11.5 Å². The monoisotopic (exact) mass is 384 g/mol. The Bertz CT molecular complexity index is 1270. The van der Waals surface area contributed by atoms with Gasteiger partial charge in [-0.1, -0.05) is 18.1 Å². The van der Waals surface area contributed by atoms with E-state index in [2.05, 4.69) is 21.0 Å². The van der Waals surface area contributed by atoms with Crippen molar-refractivity contribution in [3.05, 3.63) is 59.5 Å². The summed E-state index contributed by atoms with van der Waals surface area (Å²) in [6.45, 7) is 2.97. The second-order valence-electron chi connectivity index (χ2n) is 6.77. The van der Waals surface area contributed by atoms with E-state index < -0.39 is 0 Å². The van der Waals surface area contributed by atoms with Crippen LogP contribution in [0.25, 0.3) is 21.8 Å². The van der Waals surface area contributed by atoms with Crippen molar-refractivity contribution in [1.29, 1.82) is 0 Å². The molecule has 0 aliphatic carbocycles. The number of rotatable bonds is 4. The van der Waals surface area contributed by atoms with E-state index in [0.29, 0.717) is 30.1 Å². The van der Waals surface area contributed by atoms with Crippen LogP contribution in [-0.2, 0) is 13.6 Å². The molecular formula is C22H20N6O. The van der Waals surface area contributed by atoms with Gasteiger partial charge in [-0.05, 0) is 30.7 Å². The van der Waals surface area contributed by atoms with Crippen LogP contribution in [0.5, 0.6) is 0 Å². The number of pyridine rings is 2. The smallest absolute Gasteiger partial charge is 0.272 e. The minimum absolute atomic E-state index is 0.150. The van der Waals surface area contributed by atoms with E-state index in [1.54, 1.807) is 28.0 Å². The Hall–Kier alpha value is -3.92. The lowest BCUT2D eigenvalue weighted by atomic mass is 10.1. The molecule has 0 aliphatic heterocycles. The molecule has 2 N–H and O–H groups in total. The zero-order valence-corrected chi connectivity index (χ0v) is 16.3. The molecule has 3 heterocycles. The van der Waals surface area contributed by atoms with Crippen LogP contribution in [0.3, 0.4) is 0 Å². The summed E-state index contributed by atoms with van der Waals surface area (Å²) >= 11 is 0. The van der Waals surface area contributed by atoms with E-state index >= 15 is 0 Å². The first-order valence-corrected chi connectivity index (χ1v) is 9.23. The van der Waals surface area contributed by atoms with E-state index in [-0.39, 0.29) is 5.91 Å². The Morgan fingerprint density at radius 1 is 1.24 bits per heavy atom. The van der Waals surface area contributed by atoms with Crippen LogP contribution in [0, 0.1) is 12.3 Å². The number of nitrogens with zero attached hydrogens (tertiary/aromatic N) is 5. The third-order valence-corrected chi connectivity index (χ3v) is 4.98. The van der Waals surface area contributed by atoms with E-state index in [1.807, 2.05) is 38.2 Å². The summed E-state index contributed by atoms with van der Waals surface area (Å²) in [5.74, 6) is 2.84. The van der Waals surface area contributed by atoms with Gasteiger partial charge in [0.25, 0.3) is 5.91 Å². The number of benzene rings is 1. The topological polar surface area (TPSA) is 89.9 Å². The summed E-state index contributed by atoms with van der Waals surface area (Å²) in [5, 5.41) is 5.82. The third kappa shape index (κ3) is 3.25. The second kappa shape index (κ2) is 7.24. The highest BCUT2D eigenvalue weighted by Crippen LogP contribution is 2.27. The lowest BCUT2D eigenvalue weighted by Gasteiger charge is -2.21. The fourth-order valence-electron chi connectivity index (χ4n) is 3.39. The molecular weight excluding hydrogens is 364 g/mol. The molecule has 7 heteroatoms. The van der Waals surface area contributed by atoms with Crippen molar-refractivity contribution in [2.75, 3.05) is 12.3 Å². The molecule has 0 radical (unpaired) electrons. The largest absolute Gasteiger partial charge is 0.383 e. The molecule has 0 atom stereocenters. The van der Waals surface area contributed by atoms with E-state index in [1.165, 1.54) is 0 Å². The van der Waals surface area contributed by atoms with Gasteiger partial charge in [0.2, 0.25) is 0 Å². The summed E-state index contributed by atoms with van der Waals surface area (Å²) in [5.41, 5.74) is 9.66. The number of nitrogens with two attached hydrogens (primary N) is 1. The average Bonchev–Trinajstić information content (AvgIpc) is 3.14. The highest BCUT2D eigenvalue weighted by molar-refractivity contribution is 6.09. The van der Waals surface area contributed by atoms with Crippen LogP contribution in [-0.4, -0.2) is 37.1 Å². The maximum Gasteiger partial charge on any atom is 0.272 e. The molecule has 29 heavy (non-hydrogen) atoms. The van der Waals surface area contributed by atoms with Crippen LogP contribution >= 0.6 is 0 Å². The van der Waals surface area contributed by atoms with Crippen molar-refractivity contribution in [2.45, 2.75) is 13.5 Å². The molecule has 144 valence electrons. The quantitative estimate of drug-likeness (QED) is 0.547. The van der Waals surface area contributed by atoms with Crippen LogP contribution < -0.4 is 5.73 Å². The summed E-state index contributed by atoms with van der Waals surface area (Å²) in [6.07, 6.45) is 8.67. The molecule has 4 aromatic rings. The number of hydrogen-bond acceptors (Lipinski definition) is 5. The highest BCUT2D eigenvalue weighted by Gasteiger charge is 2.19. The molecule has 0 saturated carbocycles. The van der Waals surface area contributed by atoms with Crippen molar-refractivity contribution in [2.24, 2.45) is 7.05 Å². The Morgan fingerprint density at radius 3 is 2.69 bits per heavy atom. The maximum atomic E-state index is 13.1. The van der Waals surface area contributed by atoms with Gasteiger partial charge in [-0.3, -0.25) is 9.48 Å². The number of aromatic nitrogens is 4. The van der Waals surface area contributed by atoms with Gasteiger partial charge in [-0.2, -0.15) is 5.10 Å². The van der Waals surface area contributed by atoms with Crippen LogP contribution in [0.4, 0.5) is 5.82 Å². The van der Waals surface area contributed by atoms with Crippen LogP contribution in [0.1, 0.15) is 28.5 Å². The van der Waals surface area contributed by atoms with E-state index in [9.17, 15) is 4.79 Å². The number of terminal acetylenes is 1. The number of hydrogen-bond donors (Lipinski definition) is 1. The molecule has 0 bridgehead atoms. The third-order valence-electron chi connectivity index (χ3n) is 4.98. The van der Waals surface area contributed by atoms with Crippen molar-refractivity contribution in [3.8, 4) is 12.3 Å². The lowest BCUT2D eigenvalue weighted by molar-refractivity contribution is 0.0747. The summed E-state index contributed by atoms with van der Waals surface area (Å²) in [4.78, 5) is 23.6. The minimum atomic E-state index is -0.150. The van der Waals surface area contributed by atoms with Crippen molar-refractivity contribution in [1.82, 2.24) is 24.6 Å². The first-order valence-electron chi connectivity index (χ1n) is 9.23. The first kappa shape index (κ1) is 18.4. The average molecular weight is 384 g/mol. The Kier molecular flexibility index (Phi) is 4.61. The highest BCUT2D eigenvalue weighted by atomic mass is 16.2. The fraction of sp³-hybridized carbons (Fsp3) is 0.182. The summed E-state index contributed by atoms with van der Waals surface area (Å²) < 4.78 is 1.73. The Labute approximate surface area is 168 Å². The Balaban J connectivity index is 1.71. The number of amides is 1.